The van der Waals surface area contributed by atoms with E-state index in [2.05, 4.69) is 300 Å². The molecule has 0 saturated carbocycles. The van der Waals surface area contributed by atoms with Gasteiger partial charge in [-0.25, -0.2) is 9.97 Å². The standard InChI is InChI=1S/C70H48N4OSi2/c1-7-27-49(28-8-1)76(50-29-9-2-10-30-50,51-31-11-3-12-32-51)65-47-59-60-48-66(77(52-33-13-4-14-34-52,53-35-15-5-16-36-53)54-37-17-6-18-38-54)72-70(74-63-45-25-21-41-57(63)58-42-22-26-46-64(58)74)68(60)75-67(59)69(71-65)73-61-43-23-19-39-55(61)56-40-20-24-44-62(56)73/h1-48H. The van der Waals surface area contributed by atoms with E-state index in [0.29, 0.717) is 11.2 Å². The SMILES string of the molecule is c1ccc([Si](c2ccccc2)(c2ccccc2)c2cc3c(oc4c(-n5c6ccccc6c6ccccc65)nc([Si](c5ccccc5)(c5ccccc5)c5ccccc5)cc43)c(-n3c4ccccc4c4ccccc43)n2)cc1. The zero-order chi connectivity index (χ0) is 50.9. The third-order valence-electron chi connectivity index (χ3n) is 16.0. The molecule has 0 saturated heterocycles. The number of para-hydroxylation sites is 4. The normalized spacial score (nSPS) is 12.2. The molecule has 10 aromatic carbocycles. The highest BCUT2D eigenvalue weighted by Crippen LogP contribution is 2.40. The summed E-state index contributed by atoms with van der Waals surface area (Å²) in [5, 5.41) is 16.0. The molecule has 0 fully saturated rings. The van der Waals surface area contributed by atoms with Gasteiger partial charge in [0.25, 0.3) is 0 Å². The Balaban J connectivity index is 1.20. The van der Waals surface area contributed by atoms with Crippen molar-refractivity contribution in [3.63, 3.8) is 0 Å². The summed E-state index contributed by atoms with van der Waals surface area (Å²) < 4.78 is 12.5. The zero-order valence-electron chi connectivity index (χ0n) is 41.9. The molecule has 0 aliphatic rings. The fourth-order valence-corrected chi connectivity index (χ4v) is 21.9. The number of nitrogens with zero attached hydrogens (tertiary/aromatic N) is 4. The number of fused-ring (bicyclic) bond motifs is 9. The van der Waals surface area contributed by atoms with E-state index in [9.17, 15) is 0 Å². The Morgan fingerprint density at radius 2 is 0.468 bits per heavy atom. The third kappa shape index (κ3) is 6.71. The van der Waals surface area contributed by atoms with Crippen LogP contribution in [0.4, 0.5) is 0 Å². The van der Waals surface area contributed by atoms with Gasteiger partial charge in [0.05, 0.1) is 22.1 Å². The molecule has 0 radical (unpaired) electrons. The fraction of sp³-hybridized carbons (Fsp3) is 0. The third-order valence-corrected chi connectivity index (χ3v) is 25.2. The molecule has 0 atom stereocenters. The summed E-state index contributed by atoms with van der Waals surface area (Å²) in [6.45, 7) is 0. The molecule has 0 bridgehead atoms. The fourth-order valence-electron chi connectivity index (χ4n) is 12.7. The average molecular weight is 1020 g/mol. The van der Waals surface area contributed by atoms with E-state index in [1.165, 1.54) is 31.1 Å². The van der Waals surface area contributed by atoms with E-state index < -0.39 is 16.1 Å². The molecule has 0 N–H and O–H groups in total. The van der Waals surface area contributed by atoms with Crippen LogP contribution in [0.2, 0.25) is 0 Å². The maximum Gasteiger partial charge on any atom is 0.202 e. The Labute approximate surface area is 447 Å². The van der Waals surface area contributed by atoms with Crippen molar-refractivity contribution in [2.24, 2.45) is 0 Å². The molecule has 7 heteroatoms. The van der Waals surface area contributed by atoms with Gasteiger partial charge in [-0.05, 0) is 67.5 Å². The van der Waals surface area contributed by atoms with Gasteiger partial charge in [-0.3, -0.25) is 9.13 Å². The quantitative estimate of drug-likeness (QED) is 0.101. The van der Waals surface area contributed by atoms with Crippen LogP contribution >= 0.6 is 0 Å². The lowest BCUT2D eigenvalue weighted by atomic mass is 10.2. The molecule has 5 aromatic heterocycles. The van der Waals surface area contributed by atoms with Gasteiger partial charge in [-0.2, -0.15) is 0 Å². The lowest BCUT2D eigenvalue weighted by molar-refractivity contribution is 0.659. The van der Waals surface area contributed by atoms with Crippen LogP contribution in [-0.2, 0) is 0 Å². The summed E-state index contributed by atoms with van der Waals surface area (Å²) >= 11 is 0. The number of hydrogen-bond donors (Lipinski definition) is 0. The lowest BCUT2D eigenvalue weighted by Crippen LogP contribution is -2.75. The predicted molar refractivity (Wildman–Crippen MR) is 325 cm³/mol. The van der Waals surface area contributed by atoms with Gasteiger partial charge >= 0.3 is 0 Å². The molecule has 15 rings (SSSR count). The zero-order valence-corrected chi connectivity index (χ0v) is 43.9. The molecule has 0 spiro atoms. The Morgan fingerprint density at radius 1 is 0.247 bits per heavy atom. The van der Waals surface area contributed by atoms with E-state index in [-0.39, 0.29) is 0 Å². The first-order valence-electron chi connectivity index (χ1n) is 26.3. The maximum absolute atomic E-state index is 7.79. The first-order valence-corrected chi connectivity index (χ1v) is 30.3. The molecule has 0 unspecified atom stereocenters. The molecule has 77 heavy (non-hydrogen) atoms. The second kappa shape index (κ2) is 18.0. The number of pyridine rings is 2. The number of furan rings is 1. The Hall–Kier alpha value is -9.67. The second-order valence-corrected chi connectivity index (χ2v) is 27.4. The highest BCUT2D eigenvalue weighted by molar-refractivity contribution is 7.20. The lowest BCUT2D eigenvalue weighted by Gasteiger charge is -2.34. The first-order chi connectivity index (χ1) is 38.2. The molecule has 0 aliphatic heterocycles. The molecule has 5 nitrogen and oxygen atoms in total. The molecule has 5 heterocycles. The summed E-state index contributed by atoms with van der Waals surface area (Å²) in [5.74, 6) is 1.47. The van der Waals surface area contributed by atoms with Crippen molar-refractivity contribution < 1.29 is 4.42 Å². The molecule has 15 aromatic rings. The van der Waals surface area contributed by atoms with Crippen molar-refractivity contribution in [2.45, 2.75) is 0 Å². The minimum Gasteiger partial charge on any atom is -0.448 e. The summed E-state index contributed by atoms with van der Waals surface area (Å²) in [5.41, 5.74) is 5.60. The van der Waals surface area contributed by atoms with Crippen LogP contribution in [0.3, 0.4) is 0 Å². The summed E-state index contributed by atoms with van der Waals surface area (Å²) in [6.07, 6.45) is 0. The Bertz CT molecular complexity index is 4080. The smallest absolute Gasteiger partial charge is 0.202 e. The highest BCUT2D eigenvalue weighted by Gasteiger charge is 2.46. The van der Waals surface area contributed by atoms with Gasteiger partial charge in [-0.1, -0.05) is 255 Å². The Kier molecular flexibility index (Phi) is 10.5. The first kappa shape index (κ1) is 44.8. The van der Waals surface area contributed by atoms with Crippen molar-refractivity contribution in [3.05, 3.63) is 291 Å². The van der Waals surface area contributed by atoms with Gasteiger partial charge in [0.2, 0.25) is 16.1 Å². The molecule has 0 aliphatic carbocycles. The van der Waals surface area contributed by atoms with Crippen LogP contribution in [0.5, 0.6) is 0 Å². The van der Waals surface area contributed by atoms with Crippen molar-refractivity contribution in [3.8, 4) is 11.6 Å². The van der Waals surface area contributed by atoms with Gasteiger partial charge in [0, 0.05) is 43.0 Å². The van der Waals surface area contributed by atoms with E-state index in [4.69, 9.17) is 14.4 Å². The highest BCUT2D eigenvalue weighted by atomic mass is 28.3. The maximum atomic E-state index is 7.79. The van der Waals surface area contributed by atoms with Crippen molar-refractivity contribution in [1.82, 2.24) is 19.1 Å². The summed E-state index contributed by atoms with van der Waals surface area (Å²) in [7, 11) is -6.56. The molecular formula is C70H48N4OSi2. The van der Waals surface area contributed by atoms with E-state index in [0.717, 1.165) is 76.7 Å². The van der Waals surface area contributed by atoms with Crippen LogP contribution < -0.4 is 41.8 Å². The average Bonchev–Trinajstić information content (AvgIpc) is 4.36. The number of benzene rings is 10. The second-order valence-electron chi connectivity index (χ2n) is 20.0. The van der Waals surface area contributed by atoms with Gasteiger partial charge in [0.15, 0.2) is 22.8 Å². The van der Waals surface area contributed by atoms with Crippen molar-refractivity contribution in [2.75, 3.05) is 0 Å². The predicted octanol–water partition coefficient (Wildman–Crippen LogP) is 11.3. The number of rotatable bonds is 10. The minimum absolute atomic E-state index is 0.694. The van der Waals surface area contributed by atoms with E-state index >= 15 is 0 Å². The summed E-state index contributed by atoms with van der Waals surface area (Å²) in [6, 6.07) is 106. The van der Waals surface area contributed by atoms with Crippen molar-refractivity contribution in [1.29, 1.82) is 0 Å². The number of aromatic nitrogens is 4. The van der Waals surface area contributed by atoms with Crippen LogP contribution in [-0.4, -0.2) is 35.2 Å². The summed E-state index contributed by atoms with van der Waals surface area (Å²) in [4.78, 5) is 12.3. The molecule has 362 valence electrons. The van der Waals surface area contributed by atoms with Crippen LogP contribution in [0, 0.1) is 0 Å². The Morgan fingerprint density at radius 3 is 0.714 bits per heavy atom. The van der Waals surface area contributed by atoms with E-state index in [1.807, 2.05) is 0 Å². The number of hydrogen-bond acceptors (Lipinski definition) is 3. The van der Waals surface area contributed by atoms with Gasteiger partial charge in [-0.15, -0.1) is 0 Å². The minimum atomic E-state index is -3.28. The largest absolute Gasteiger partial charge is 0.448 e. The van der Waals surface area contributed by atoms with Gasteiger partial charge < -0.3 is 4.42 Å². The van der Waals surface area contributed by atoms with Gasteiger partial charge in [0.1, 0.15) is 0 Å². The van der Waals surface area contributed by atoms with E-state index in [1.54, 1.807) is 0 Å². The van der Waals surface area contributed by atoms with Crippen LogP contribution in [0.1, 0.15) is 0 Å². The molecule has 0 amide bonds. The molecular weight excluding hydrogens is 969 g/mol. The monoisotopic (exact) mass is 1020 g/mol. The topological polar surface area (TPSA) is 48.8 Å². The van der Waals surface area contributed by atoms with Crippen LogP contribution in [0.15, 0.2) is 296 Å². The van der Waals surface area contributed by atoms with Crippen LogP contribution in [0.25, 0.3) is 77.2 Å². The van der Waals surface area contributed by atoms with Crippen molar-refractivity contribution >= 4 is 123 Å².